The molecule has 0 aromatic heterocycles. The first kappa shape index (κ1) is 31.3. The van der Waals surface area contributed by atoms with Gasteiger partial charge >= 0.3 is 18.5 Å². The maximum absolute atomic E-state index is 13.6. The lowest BCUT2D eigenvalue weighted by Crippen LogP contribution is -2.48. The molecule has 1 aliphatic heterocycles. The maximum Gasteiger partial charge on any atom is 0.416 e. The average Bonchev–Trinajstić information content (AvgIpc) is 3.22. The Kier molecular flexibility index (Phi) is 7.65. The number of halogens is 9. The van der Waals surface area contributed by atoms with Gasteiger partial charge in [-0.3, -0.25) is 9.59 Å². The van der Waals surface area contributed by atoms with Crippen LogP contribution in [0.2, 0.25) is 0 Å². The zero-order chi connectivity index (χ0) is 32.2. The van der Waals surface area contributed by atoms with Crippen LogP contribution in [0.15, 0.2) is 97.1 Å². The first-order valence-corrected chi connectivity index (χ1v) is 14.7. The predicted molar refractivity (Wildman–Crippen MR) is 147 cm³/mol. The number of carbonyl (C=O) groups excluding carboxylic acids is 2. The molecule has 228 valence electrons. The topological polar surface area (TPSA) is 37.4 Å². The summed E-state index contributed by atoms with van der Waals surface area (Å²) in [5.41, 5.74) is -3.07. The van der Waals surface area contributed by atoms with Crippen LogP contribution in [0.1, 0.15) is 44.3 Å². The van der Waals surface area contributed by atoms with Crippen LogP contribution in [0, 0.1) is 0 Å². The van der Waals surface area contributed by atoms with Gasteiger partial charge < -0.3 is 0 Å². The summed E-state index contributed by atoms with van der Waals surface area (Å²) in [5, 5.41) is 0.275. The van der Waals surface area contributed by atoms with Crippen LogP contribution in [-0.2, 0) is 18.5 Å². The van der Waals surface area contributed by atoms with Crippen molar-refractivity contribution in [2.75, 3.05) is 0 Å². The summed E-state index contributed by atoms with van der Waals surface area (Å²) >= 11 is 0. The van der Waals surface area contributed by atoms with E-state index in [-0.39, 0.29) is 27.0 Å². The van der Waals surface area contributed by atoms with Crippen LogP contribution in [0.4, 0.5) is 39.5 Å². The Morgan fingerprint density at radius 1 is 0.500 bits per heavy atom. The molecule has 4 aromatic rings. The second-order valence-electron chi connectivity index (χ2n) is 10.0. The van der Waals surface area contributed by atoms with E-state index in [1.165, 1.54) is 31.2 Å². The van der Waals surface area contributed by atoms with Gasteiger partial charge in [-0.1, -0.05) is 12.1 Å². The van der Waals surface area contributed by atoms with Crippen LogP contribution in [0.25, 0.3) is 0 Å². The SMILES string of the molecule is CC(N1C(=O)c2ccccc2C1=O)[P+](c1ccc(C(F)(F)F)cc1)(c1ccc(C(F)(F)F)cc1)c1ccc(C(F)(F)F)cc1. The second kappa shape index (κ2) is 10.8. The van der Waals surface area contributed by atoms with Crippen molar-refractivity contribution in [3.05, 3.63) is 125 Å². The molecule has 0 bridgehead atoms. The number of hydrogen-bond donors (Lipinski definition) is 0. The highest BCUT2D eigenvalue weighted by Crippen LogP contribution is 2.61. The lowest BCUT2D eigenvalue weighted by molar-refractivity contribution is -0.138. The summed E-state index contributed by atoms with van der Waals surface area (Å²) in [6, 6.07) is 16.8. The van der Waals surface area contributed by atoms with Crippen LogP contribution in [-0.4, -0.2) is 22.5 Å². The first-order chi connectivity index (χ1) is 20.5. The van der Waals surface area contributed by atoms with Gasteiger partial charge in [0.15, 0.2) is 5.78 Å². The Labute approximate surface area is 245 Å². The van der Waals surface area contributed by atoms with E-state index in [1.54, 1.807) is 0 Å². The van der Waals surface area contributed by atoms with E-state index in [0.717, 1.165) is 77.7 Å². The van der Waals surface area contributed by atoms with Gasteiger partial charge in [0.05, 0.1) is 27.8 Å². The van der Waals surface area contributed by atoms with E-state index >= 15 is 0 Å². The van der Waals surface area contributed by atoms with Gasteiger partial charge in [-0.25, -0.2) is 4.90 Å². The second-order valence-corrected chi connectivity index (χ2v) is 13.8. The monoisotopic (exact) mass is 640 g/mol. The molecule has 0 fully saturated rings. The third kappa shape index (κ3) is 5.25. The number of amides is 2. The van der Waals surface area contributed by atoms with Crippen molar-refractivity contribution in [1.82, 2.24) is 4.90 Å². The number of rotatable bonds is 5. The largest absolute Gasteiger partial charge is 0.416 e. The van der Waals surface area contributed by atoms with E-state index in [0.29, 0.717) is 0 Å². The van der Waals surface area contributed by atoms with Gasteiger partial charge in [-0.15, -0.1) is 0 Å². The number of carbonyl (C=O) groups is 2. The van der Waals surface area contributed by atoms with Gasteiger partial charge in [0.25, 0.3) is 11.8 Å². The molecule has 0 N–H and O–H groups in total. The summed E-state index contributed by atoms with van der Waals surface area (Å²) in [6.45, 7) is 1.42. The summed E-state index contributed by atoms with van der Waals surface area (Å²) in [4.78, 5) is 28.1. The van der Waals surface area contributed by atoms with Gasteiger partial charge in [-0.05, 0) is 91.9 Å². The number of benzene rings is 4. The van der Waals surface area contributed by atoms with Gasteiger partial charge in [-0.2, -0.15) is 39.5 Å². The molecular formula is C31H20F9NO2P+. The van der Waals surface area contributed by atoms with Crippen LogP contribution in [0.5, 0.6) is 0 Å². The third-order valence-electron chi connectivity index (χ3n) is 7.57. The standard InChI is InChI=1S/C31H20F9NO2P/c1-18(41-27(42)25-4-2-3-5-26(25)28(41)43)44(22-12-6-19(7-13-22)29(32,33)34,23-14-8-20(9-15-23)30(35,36)37)24-16-10-21(11-17-24)31(38,39)40/h2-18H,1H3/q+1. The van der Waals surface area contributed by atoms with Crippen molar-refractivity contribution in [2.24, 2.45) is 0 Å². The van der Waals surface area contributed by atoms with E-state index in [1.807, 2.05) is 0 Å². The van der Waals surface area contributed by atoms with Crippen molar-refractivity contribution in [1.29, 1.82) is 0 Å². The number of fused-ring (bicyclic) bond motifs is 1. The molecule has 3 nitrogen and oxygen atoms in total. The zero-order valence-electron chi connectivity index (χ0n) is 22.4. The highest BCUT2D eigenvalue weighted by molar-refractivity contribution is 7.96. The highest BCUT2D eigenvalue weighted by atomic mass is 31.2. The van der Waals surface area contributed by atoms with Crippen molar-refractivity contribution >= 4 is 35.0 Å². The lowest BCUT2D eigenvalue weighted by Gasteiger charge is -2.36. The summed E-state index contributed by atoms with van der Waals surface area (Å²) in [6.07, 6.45) is -14.3. The maximum atomic E-state index is 13.6. The van der Waals surface area contributed by atoms with Crippen molar-refractivity contribution in [3.8, 4) is 0 Å². The molecule has 4 aromatic carbocycles. The fourth-order valence-corrected chi connectivity index (χ4v) is 10.1. The molecular weight excluding hydrogens is 620 g/mol. The fraction of sp³-hybridized carbons (Fsp3) is 0.161. The van der Waals surface area contributed by atoms with Crippen LogP contribution >= 0.6 is 7.26 Å². The third-order valence-corrected chi connectivity index (χ3v) is 12.3. The number of hydrogen-bond acceptors (Lipinski definition) is 2. The molecule has 1 atom stereocenters. The van der Waals surface area contributed by atoms with E-state index in [9.17, 15) is 49.1 Å². The quantitative estimate of drug-likeness (QED) is 0.128. The molecule has 13 heteroatoms. The minimum atomic E-state index is -4.75. The van der Waals surface area contributed by atoms with Gasteiger partial charge in [0, 0.05) is 0 Å². The Morgan fingerprint density at radius 3 is 1.02 bits per heavy atom. The van der Waals surface area contributed by atoms with Crippen molar-refractivity contribution in [3.63, 3.8) is 0 Å². The van der Waals surface area contributed by atoms with Gasteiger partial charge in [0.1, 0.15) is 23.2 Å². The smallest absolute Gasteiger partial charge is 0.268 e. The molecule has 5 rings (SSSR count). The fourth-order valence-electron chi connectivity index (χ4n) is 5.47. The Morgan fingerprint density at radius 2 is 0.773 bits per heavy atom. The summed E-state index contributed by atoms with van der Waals surface area (Å²) in [7, 11) is -3.73. The van der Waals surface area contributed by atoms with E-state index in [4.69, 9.17) is 0 Å². The van der Waals surface area contributed by atoms with Gasteiger partial charge in [0.2, 0.25) is 0 Å². The van der Waals surface area contributed by atoms with E-state index in [2.05, 4.69) is 0 Å². The minimum absolute atomic E-state index is 0.0368. The van der Waals surface area contributed by atoms with Crippen molar-refractivity contribution in [2.45, 2.75) is 31.2 Å². The zero-order valence-corrected chi connectivity index (χ0v) is 23.3. The predicted octanol–water partition coefficient (Wildman–Crippen LogP) is 7.68. The molecule has 1 unspecified atom stereocenters. The van der Waals surface area contributed by atoms with Crippen LogP contribution < -0.4 is 15.9 Å². The van der Waals surface area contributed by atoms with Crippen LogP contribution in [0.3, 0.4) is 0 Å². The normalized spacial score (nSPS) is 15.0. The number of imide groups is 1. The molecule has 0 radical (unpaired) electrons. The molecule has 44 heavy (non-hydrogen) atoms. The molecule has 0 saturated carbocycles. The number of alkyl halides is 9. The minimum Gasteiger partial charge on any atom is -0.268 e. The molecule has 0 aliphatic carbocycles. The first-order valence-electron chi connectivity index (χ1n) is 12.9. The molecule has 1 heterocycles. The van der Waals surface area contributed by atoms with Crippen molar-refractivity contribution < 1.29 is 49.1 Å². The number of nitrogens with zero attached hydrogens (tertiary/aromatic N) is 1. The Hall–Kier alpha value is -4.18. The average molecular weight is 640 g/mol. The highest BCUT2D eigenvalue weighted by Gasteiger charge is 2.57. The molecule has 0 spiro atoms. The molecule has 0 saturated heterocycles. The Balaban J connectivity index is 1.83. The summed E-state index contributed by atoms with van der Waals surface area (Å²) < 4.78 is 122. The Bertz CT molecular complexity index is 1540. The molecule has 2 amide bonds. The van der Waals surface area contributed by atoms with E-state index < -0.39 is 60.1 Å². The summed E-state index contributed by atoms with van der Waals surface area (Å²) in [5.74, 6) is -2.78. The molecule has 1 aliphatic rings. The lowest BCUT2D eigenvalue weighted by atomic mass is 10.1.